The van der Waals surface area contributed by atoms with E-state index < -0.39 is 0 Å². The molecule has 0 fully saturated rings. The summed E-state index contributed by atoms with van der Waals surface area (Å²) in [7, 11) is 0. The molecule has 0 saturated heterocycles. The van der Waals surface area contributed by atoms with E-state index in [9.17, 15) is 9.18 Å². The molecule has 1 aromatic carbocycles. The molecule has 1 aromatic rings. The van der Waals surface area contributed by atoms with E-state index in [2.05, 4.69) is 0 Å². The Morgan fingerprint density at radius 3 is 2.69 bits per heavy atom. The Morgan fingerprint density at radius 1 is 1.25 bits per heavy atom. The fraction of sp³-hybridized carbons (Fsp3) is 0.357. The predicted molar refractivity (Wildman–Crippen MR) is 62.0 cm³/mol. The molecule has 16 heavy (non-hydrogen) atoms. The van der Waals surface area contributed by atoms with E-state index in [1.807, 2.05) is 6.08 Å². The number of carbonyl (C=O) groups is 1. The van der Waals surface area contributed by atoms with Crippen LogP contribution in [0.2, 0.25) is 0 Å². The first-order chi connectivity index (χ1) is 7.66. The van der Waals surface area contributed by atoms with Gasteiger partial charge in [-0.2, -0.15) is 0 Å². The summed E-state index contributed by atoms with van der Waals surface area (Å²) in [4.78, 5) is 12.1. The summed E-state index contributed by atoms with van der Waals surface area (Å²) in [5, 5.41) is 0. The number of benzene rings is 1. The van der Waals surface area contributed by atoms with Crippen LogP contribution in [0.3, 0.4) is 0 Å². The summed E-state index contributed by atoms with van der Waals surface area (Å²) in [6.07, 6.45) is 6.00. The Hall–Kier alpha value is -1.44. The number of aryl methyl sites for hydroxylation is 1. The molecule has 0 bridgehead atoms. The molecule has 0 saturated carbocycles. The zero-order valence-corrected chi connectivity index (χ0v) is 9.42. The fourth-order valence-corrected chi connectivity index (χ4v) is 2.10. The number of allylic oxidation sites excluding steroid dienone is 2. The van der Waals surface area contributed by atoms with Gasteiger partial charge < -0.3 is 0 Å². The molecule has 2 rings (SSSR count). The van der Waals surface area contributed by atoms with Crippen molar-refractivity contribution in [3.05, 3.63) is 46.8 Å². The maximum atomic E-state index is 13.2. The first-order valence-corrected chi connectivity index (χ1v) is 5.68. The summed E-state index contributed by atoms with van der Waals surface area (Å²) >= 11 is 0. The second-order valence-electron chi connectivity index (χ2n) is 4.32. The van der Waals surface area contributed by atoms with Crippen LogP contribution in [0.15, 0.2) is 29.8 Å². The van der Waals surface area contributed by atoms with Crippen LogP contribution in [0.4, 0.5) is 4.39 Å². The zero-order valence-electron chi connectivity index (χ0n) is 9.42. The molecule has 1 aliphatic carbocycles. The van der Waals surface area contributed by atoms with Crippen molar-refractivity contribution in [2.24, 2.45) is 0 Å². The molecular formula is C14H15FO. The topological polar surface area (TPSA) is 17.1 Å². The van der Waals surface area contributed by atoms with Gasteiger partial charge in [-0.05, 0) is 61.9 Å². The Bertz CT molecular complexity index is 426. The van der Waals surface area contributed by atoms with Crippen molar-refractivity contribution >= 4 is 5.78 Å². The van der Waals surface area contributed by atoms with Gasteiger partial charge in [0.15, 0.2) is 5.78 Å². The predicted octanol–water partition coefficient (Wildman–Crippen LogP) is 3.82. The lowest BCUT2D eigenvalue weighted by molar-refractivity contribution is 0.102. The Morgan fingerprint density at radius 2 is 2.06 bits per heavy atom. The smallest absolute Gasteiger partial charge is 0.188 e. The SMILES string of the molecule is Cc1cc(F)cc(C(=O)C2=CCCCC2)c1. The first kappa shape index (κ1) is 11.1. The first-order valence-electron chi connectivity index (χ1n) is 5.68. The van der Waals surface area contributed by atoms with Crippen molar-refractivity contribution in [2.45, 2.75) is 32.6 Å². The lowest BCUT2D eigenvalue weighted by Crippen LogP contribution is -2.07. The van der Waals surface area contributed by atoms with E-state index >= 15 is 0 Å². The van der Waals surface area contributed by atoms with Gasteiger partial charge in [-0.25, -0.2) is 4.39 Å². The van der Waals surface area contributed by atoms with Crippen molar-refractivity contribution in [3.63, 3.8) is 0 Å². The Labute approximate surface area is 95.0 Å². The number of hydrogen-bond acceptors (Lipinski definition) is 1. The third kappa shape index (κ3) is 2.38. The number of Topliss-reactive ketones (excluding diaryl/α,β-unsaturated/α-hetero) is 1. The average molecular weight is 218 g/mol. The molecule has 0 unspecified atom stereocenters. The highest BCUT2D eigenvalue weighted by Crippen LogP contribution is 2.22. The quantitative estimate of drug-likeness (QED) is 0.690. The molecule has 0 amide bonds. The summed E-state index contributed by atoms with van der Waals surface area (Å²) in [6.45, 7) is 1.80. The van der Waals surface area contributed by atoms with Crippen LogP contribution in [0.1, 0.15) is 41.6 Å². The van der Waals surface area contributed by atoms with Gasteiger partial charge in [0, 0.05) is 5.56 Å². The minimum atomic E-state index is -0.334. The summed E-state index contributed by atoms with van der Waals surface area (Å²) < 4.78 is 13.2. The van der Waals surface area contributed by atoms with E-state index in [1.165, 1.54) is 12.1 Å². The van der Waals surface area contributed by atoms with Crippen molar-refractivity contribution in [1.82, 2.24) is 0 Å². The highest BCUT2D eigenvalue weighted by Gasteiger charge is 2.15. The van der Waals surface area contributed by atoms with Gasteiger partial charge >= 0.3 is 0 Å². The lowest BCUT2D eigenvalue weighted by atomic mass is 9.92. The molecule has 0 atom stereocenters. The molecule has 84 valence electrons. The van der Waals surface area contributed by atoms with Crippen LogP contribution in [-0.2, 0) is 0 Å². The van der Waals surface area contributed by atoms with E-state index in [0.717, 1.165) is 36.8 Å². The molecule has 1 aliphatic rings. The van der Waals surface area contributed by atoms with Crippen LogP contribution in [0, 0.1) is 12.7 Å². The van der Waals surface area contributed by atoms with Crippen molar-refractivity contribution in [3.8, 4) is 0 Å². The standard InChI is InChI=1S/C14H15FO/c1-10-7-12(9-13(15)8-10)14(16)11-5-3-2-4-6-11/h5,7-9H,2-4,6H2,1H3. The third-order valence-electron chi connectivity index (χ3n) is 2.89. The summed E-state index contributed by atoms with van der Waals surface area (Å²) in [5.74, 6) is -0.345. The van der Waals surface area contributed by atoms with Crippen LogP contribution in [0.25, 0.3) is 0 Å². The van der Waals surface area contributed by atoms with Crippen molar-refractivity contribution < 1.29 is 9.18 Å². The highest BCUT2D eigenvalue weighted by molar-refractivity contribution is 6.08. The summed E-state index contributed by atoms with van der Waals surface area (Å²) in [5.41, 5.74) is 2.11. The fourth-order valence-electron chi connectivity index (χ4n) is 2.10. The molecule has 0 aliphatic heterocycles. The highest BCUT2D eigenvalue weighted by atomic mass is 19.1. The molecular weight excluding hydrogens is 203 g/mol. The van der Waals surface area contributed by atoms with Crippen LogP contribution in [-0.4, -0.2) is 5.78 Å². The third-order valence-corrected chi connectivity index (χ3v) is 2.89. The van der Waals surface area contributed by atoms with Crippen molar-refractivity contribution in [2.75, 3.05) is 0 Å². The van der Waals surface area contributed by atoms with Gasteiger partial charge in [-0.15, -0.1) is 0 Å². The molecule has 0 heterocycles. The molecule has 0 aromatic heterocycles. The van der Waals surface area contributed by atoms with Gasteiger partial charge in [0.05, 0.1) is 0 Å². The maximum Gasteiger partial charge on any atom is 0.188 e. The molecule has 2 heteroatoms. The van der Waals surface area contributed by atoms with Gasteiger partial charge in [0.25, 0.3) is 0 Å². The van der Waals surface area contributed by atoms with Gasteiger partial charge in [0.2, 0.25) is 0 Å². The van der Waals surface area contributed by atoms with Gasteiger partial charge in [0.1, 0.15) is 5.82 Å². The average Bonchev–Trinajstić information content (AvgIpc) is 2.28. The minimum Gasteiger partial charge on any atom is -0.289 e. The molecule has 1 nitrogen and oxygen atoms in total. The number of rotatable bonds is 2. The zero-order chi connectivity index (χ0) is 11.5. The Kier molecular flexibility index (Phi) is 3.18. The van der Waals surface area contributed by atoms with Crippen LogP contribution >= 0.6 is 0 Å². The van der Waals surface area contributed by atoms with E-state index in [1.54, 1.807) is 13.0 Å². The number of ketones is 1. The number of halogens is 1. The maximum absolute atomic E-state index is 13.2. The molecule has 0 radical (unpaired) electrons. The molecule has 0 N–H and O–H groups in total. The molecule has 0 spiro atoms. The van der Waals surface area contributed by atoms with Crippen LogP contribution < -0.4 is 0 Å². The monoisotopic (exact) mass is 218 g/mol. The second-order valence-corrected chi connectivity index (χ2v) is 4.32. The summed E-state index contributed by atoms with van der Waals surface area (Å²) in [6, 6.07) is 4.51. The van der Waals surface area contributed by atoms with E-state index in [-0.39, 0.29) is 11.6 Å². The normalized spacial score (nSPS) is 15.8. The Balaban J connectivity index is 2.29. The number of hydrogen-bond donors (Lipinski definition) is 0. The largest absolute Gasteiger partial charge is 0.289 e. The van der Waals surface area contributed by atoms with E-state index in [4.69, 9.17) is 0 Å². The second kappa shape index (κ2) is 4.60. The van der Waals surface area contributed by atoms with Crippen LogP contribution in [0.5, 0.6) is 0 Å². The lowest BCUT2D eigenvalue weighted by Gasteiger charge is -2.11. The van der Waals surface area contributed by atoms with E-state index in [0.29, 0.717) is 5.56 Å². The minimum absolute atomic E-state index is 0.0118. The number of carbonyl (C=O) groups excluding carboxylic acids is 1. The van der Waals surface area contributed by atoms with Gasteiger partial charge in [-0.1, -0.05) is 6.08 Å². The van der Waals surface area contributed by atoms with Crippen molar-refractivity contribution in [1.29, 1.82) is 0 Å². The van der Waals surface area contributed by atoms with Gasteiger partial charge in [-0.3, -0.25) is 4.79 Å².